The zero-order chi connectivity index (χ0) is 12.8. The number of benzene rings is 2. The first-order valence-corrected chi connectivity index (χ1v) is 6.05. The van der Waals surface area contributed by atoms with Crippen molar-refractivity contribution in [3.63, 3.8) is 0 Å². The highest BCUT2D eigenvalue weighted by atomic mass is 35.5. The molecule has 0 aliphatic rings. The summed E-state index contributed by atoms with van der Waals surface area (Å²) in [7, 11) is 0. The maximum atomic E-state index is 10.9. The molecule has 0 N–H and O–H groups in total. The van der Waals surface area contributed by atoms with Gasteiger partial charge in [0.2, 0.25) is 5.24 Å². The maximum Gasteiger partial charge on any atom is 0.247 e. The minimum Gasteiger partial charge on any atom is -0.360 e. The third-order valence-corrected chi connectivity index (χ3v) is 2.68. The van der Waals surface area contributed by atoms with Crippen LogP contribution in [-0.4, -0.2) is 11.8 Å². The molecular formula is C15H13ClO2. The number of rotatable bonds is 5. The molecule has 0 bridgehead atoms. The standard InChI is InChI=1S/C15H13ClO2/c16-14(17)11-18-15(12-7-3-1-4-8-12)13-9-5-2-6-10-13/h1-10,15H,11H2. The minimum atomic E-state index is -0.494. The van der Waals surface area contributed by atoms with Gasteiger partial charge in [0.05, 0.1) is 0 Å². The van der Waals surface area contributed by atoms with Crippen molar-refractivity contribution in [1.82, 2.24) is 0 Å². The van der Waals surface area contributed by atoms with E-state index in [1.54, 1.807) is 0 Å². The fourth-order valence-electron chi connectivity index (χ4n) is 1.79. The minimum absolute atomic E-state index is 0.101. The second kappa shape index (κ2) is 6.34. The highest BCUT2D eigenvalue weighted by Gasteiger charge is 2.15. The van der Waals surface area contributed by atoms with Crippen molar-refractivity contribution >= 4 is 16.8 Å². The highest BCUT2D eigenvalue weighted by molar-refractivity contribution is 6.63. The average molecular weight is 261 g/mol. The van der Waals surface area contributed by atoms with Gasteiger partial charge in [-0.15, -0.1) is 0 Å². The van der Waals surface area contributed by atoms with Gasteiger partial charge in [0.1, 0.15) is 12.7 Å². The van der Waals surface area contributed by atoms with Crippen molar-refractivity contribution in [1.29, 1.82) is 0 Å². The van der Waals surface area contributed by atoms with E-state index >= 15 is 0 Å². The van der Waals surface area contributed by atoms with Gasteiger partial charge < -0.3 is 4.74 Å². The Hall–Kier alpha value is -1.64. The topological polar surface area (TPSA) is 26.3 Å². The first-order valence-electron chi connectivity index (χ1n) is 5.67. The van der Waals surface area contributed by atoms with Crippen LogP contribution in [0.1, 0.15) is 17.2 Å². The van der Waals surface area contributed by atoms with E-state index in [9.17, 15) is 4.79 Å². The van der Waals surface area contributed by atoms with Gasteiger partial charge in [-0.1, -0.05) is 60.7 Å². The molecule has 0 aliphatic carbocycles. The predicted octanol–water partition coefficient (Wildman–Crippen LogP) is 3.56. The van der Waals surface area contributed by atoms with Crippen LogP contribution in [0.4, 0.5) is 0 Å². The second-order valence-corrected chi connectivity index (χ2v) is 4.29. The number of ether oxygens (including phenoxy) is 1. The van der Waals surface area contributed by atoms with Crippen molar-refractivity contribution in [3.05, 3.63) is 71.8 Å². The molecule has 0 saturated heterocycles. The van der Waals surface area contributed by atoms with Gasteiger partial charge in [-0.2, -0.15) is 0 Å². The Balaban J connectivity index is 2.26. The fourth-order valence-corrected chi connectivity index (χ4v) is 1.85. The summed E-state index contributed by atoms with van der Waals surface area (Å²) >= 11 is 5.33. The maximum absolute atomic E-state index is 10.9. The SMILES string of the molecule is O=C(Cl)COC(c1ccccc1)c1ccccc1. The smallest absolute Gasteiger partial charge is 0.247 e. The fraction of sp³-hybridized carbons (Fsp3) is 0.133. The molecule has 0 unspecified atom stereocenters. The molecule has 2 nitrogen and oxygen atoms in total. The Bertz CT molecular complexity index is 457. The van der Waals surface area contributed by atoms with Gasteiger partial charge >= 0.3 is 0 Å². The van der Waals surface area contributed by atoms with E-state index in [1.165, 1.54) is 0 Å². The highest BCUT2D eigenvalue weighted by Crippen LogP contribution is 2.25. The van der Waals surface area contributed by atoms with Crippen LogP contribution in [0.3, 0.4) is 0 Å². The molecular weight excluding hydrogens is 248 g/mol. The molecule has 0 heterocycles. The zero-order valence-electron chi connectivity index (χ0n) is 9.75. The number of halogens is 1. The van der Waals surface area contributed by atoms with E-state index < -0.39 is 5.24 Å². The van der Waals surface area contributed by atoms with Crippen LogP contribution in [-0.2, 0) is 9.53 Å². The van der Waals surface area contributed by atoms with E-state index in [0.29, 0.717) is 0 Å². The summed E-state index contributed by atoms with van der Waals surface area (Å²) in [6, 6.07) is 19.5. The average Bonchev–Trinajstić information content (AvgIpc) is 2.41. The number of hydrogen-bond acceptors (Lipinski definition) is 2. The molecule has 0 spiro atoms. The summed E-state index contributed by atoms with van der Waals surface area (Å²) in [6.07, 6.45) is -0.268. The quantitative estimate of drug-likeness (QED) is 0.769. The molecule has 0 atom stereocenters. The van der Waals surface area contributed by atoms with E-state index in [4.69, 9.17) is 16.3 Å². The Morgan fingerprint density at radius 1 is 0.944 bits per heavy atom. The molecule has 0 aliphatic heterocycles. The van der Waals surface area contributed by atoms with Crippen LogP contribution in [0, 0.1) is 0 Å². The first-order chi connectivity index (χ1) is 8.77. The van der Waals surface area contributed by atoms with Crippen LogP contribution in [0.5, 0.6) is 0 Å². The van der Waals surface area contributed by atoms with E-state index in [-0.39, 0.29) is 12.7 Å². The van der Waals surface area contributed by atoms with Crippen molar-refractivity contribution in [3.8, 4) is 0 Å². The third-order valence-electron chi connectivity index (χ3n) is 2.57. The molecule has 92 valence electrons. The summed E-state index contributed by atoms with van der Waals surface area (Å²) in [6.45, 7) is -0.101. The van der Waals surface area contributed by atoms with Crippen LogP contribution in [0.25, 0.3) is 0 Å². The summed E-state index contributed by atoms with van der Waals surface area (Å²) in [5, 5.41) is -0.494. The zero-order valence-corrected chi connectivity index (χ0v) is 10.5. The molecule has 0 saturated carbocycles. The summed E-state index contributed by atoms with van der Waals surface area (Å²) < 4.78 is 5.59. The van der Waals surface area contributed by atoms with Crippen molar-refractivity contribution < 1.29 is 9.53 Å². The lowest BCUT2D eigenvalue weighted by molar-refractivity contribution is -0.117. The van der Waals surface area contributed by atoms with Crippen LogP contribution < -0.4 is 0 Å². The summed E-state index contributed by atoms with van der Waals surface area (Å²) in [5.74, 6) is 0. The molecule has 3 heteroatoms. The van der Waals surface area contributed by atoms with Crippen LogP contribution in [0.15, 0.2) is 60.7 Å². The number of hydrogen-bond donors (Lipinski definition) is 0. The molecule has 2 aromatic carbocycles. The van der Waals surface area contributed by atoms with Crippen molar-refractivity contribution in [2.75, 3.05) is 6.61 Å². The molecule has 0 aromatic heterocycles. The first kappa shape index (κ1) is 12.8. The lowest BCUT2D eigenvalue weighted by atomic mass is 10.0. The summed E-state index contributed by atoms with van der Waals surface area (Å²) in [5.41, 5.74) is 2.00. The lowest BCUT2D eigenvalue weighted by Gasteiger charge is -2.17. The van der Waals surface area contributed by atoms with Gasteiger partial charge in [-0.3, -0.25) is 4.79 Å². The molecule has 0 radical (unpaired) electrons. The van der Waals surface area contributed by atoms with Gasteiger partial charge in [-0.05, 0) is 22.7 Å². The van der Waals surface area contributed by atoms with Crippen molar-refractivity contribution in [2.45, 2.75) is 6.10 Å². The second-order valence-electron chi connectivity index (χ2n) is 3.87. The molecule has 2 rings (SSSR count). The Morgan fingerprint density at radius 2 is 1.39 bits per heavy atom. The number of carbonyl (C=O) groups is 1. The monoisotopic (exact) mass is 260 g/mol. The van der Waals surface area contributed by atoms with Gasteiger partial charge in [0, 0.05) is 0 Å². The van der Waals surface area contributed by atoms with Gasteiger partial charge in [0.25, 0.3) is 0 Å². The van der Waals surface area contributed by atoms with E-state index in [2.05, 4.69) is 0 Å². The number of carbonyl (C=O) groups excluding carboxylic acids is 1. The molecule has 0 fully saturated rings. The largest absolute Gasteiger partial charge is 0.360 e. The molecule has 2 aromatic rings. The molecule has 0 amide bonds. The third kappa shape index (κ3) is 3.42. The predicted molar refractivity (Wildman–Crippen MR) is 71.5 cm³/mol. The van der Waals surface area contributed by atoms with Crippen molar-refractivity contribution in [2.24, 2.45) is 0 Å². The van der Waals surface area contributed by atoms with Gasteiger partial charge in [0.15, 0.2) is 0 Å². The van der Waals surface area contributed by atoms with E-state index in [0.717, 1.165) is 11.1 Å². The summed E-state index contributed by atoms with van der Waals surface area (Å²) in [4.78, 5) is 10.9. The van der Waals surface area contributed by atoms with Crippen LogP contribution in [0.2, 0.25) is 0 Å². The van der Waals surface area contributed by atoms with Crippen LogP contribution >= 0.6 is 11.6 Å². The van der Waals surface area contributed by atoms with Gasteiger partial charge in [-0.25, -0.2) is 0 Å². The Kier molecular flexibility index (Phi) is 4.51. The normalized spacial score (nSPS) is 10.6. The lowest BCUT2D eigenvalue weighted by Crippen LogP contribution is -2.10. The Morgan fingerprint density at radius 3 is 1.78 bits per heavy atom. The molecule has 18 heavy (non-hydrogen) atoms. The van der Waals surface area contributed by atoms with E-state index in [1.807, 2.05) is 60.7 Å². The Labute approximate surface area is 111 Å².